The molecular formula is C12H22N2O4S2. The van der Waals surface area contributed by atoms with Gasteiger partial charge >= 0.3 is 0 Å². The van der Waals surface area contributed by atoms with Crippen LogP contribution >= 0.6 is 0 Å². The number of hydrogen-bond donors (Lipinski definition) is 0. The van der Waals surface area contributed by atoms with Gasteiger partial charge in [0.1, 0.15) is 0 Å². The second kappa shape index (κ2) is 5.23. The molecule has 3 heterocycles. The van der Waals surface area contributed by atoms with E-state index in [1.54, 1.807) is 0 Å². The first-order valence-corrected chi connectivity index (χ1v) is 10.9. The molecule has 0 amide bonds. The minimum absolute atomic E-state index is 0.175. The summed E-state index contributed by atoms with van der Waals surface area (Å²) in [7, 11) is -5.65. The lowest BCUT2D eigenvalue weighted by Gasteiger charge is -2.40. The zero-order chi connectivity index (χ0) is 14.4. The Morgan fingerprint density at radius 3 is 1.25 bits per heavy atom. The Labute approximate surface area is 121 Å². The zero-order valence-corrected chi connectivity index (χ0v) is 13.2. The molecule has 3 fully saturated rings. The third kappa shape index (κ3) is 3.18. The Hall–Kier alpha value is -0.180. The van der Waals surface area contributed by atoms with Gasteiger partial charge in [-0.1, -0.05) is 0 Å². The van der Waals surface area contributed by atoms with Crippen LogP contribution in [0.4, 0.5) is 0 Å². The van der Waals surface area contributed by atoms with Crippen LogP contribution in [-0.4, -0.2) is 87.9 Å². The van der Waals surface area contributed by atoms with Gasteiger partial charge in [-0.2, -0.15) is 0 Å². The maximum Gasteiger partial charge on any atom is 0.151 e. The summed E-state index contributed by atoms with van der Waals surface area (Å²) >= 11 is 0. The van der Waals surface area contributed by atoms with Crippen molar-refractivity contribution in [3.8, 4) is 0 Å². The van der Waals surface area contributed by atoms with E-state index in [2.05, 4.69) is 9.80 Å². The molecule has 0 spiro atoms. The van der Waals surface area contributed by atoms with Gasteiger partial charge in [0.05, 0.1) is 23.0 Å². The molecule has 0 aliphatic carbocycles. The van der Waals surface area contributed by atoms with Crippen molar-refractivity contribution in [2.75, 3.05) is 49.2 Å². The summed E-state index contributed by atoms with van der Waals surface area (Å²) in [6, 6.07) is 0.351. The molecule has 0 radical (unpaired) electrons. The van der Waals surface area contributed by atoms with E-state index in [9.17, 15) is 16.8 Å². The molecular weight excluding hydrogens is 300 g/mol. The van der Waals surface area contributed by atoms with Crippen LogP contribution in [0.25, 0.3) is 0 Å². The number of hydrogen-bond acceptors (Lipinski definition) is 6. The summed E-state index contributed by atoms with van der Waals surface area (Å²) < 4.78 is 46.1. The zero-order valence-electron chi connectivity index (χ0n) is 11.6. The van der Waals surface area contributed by atoms with E-state index < -0.39 is 19.7 Å². The number of sulfone groups is 2. The van der Waals surface area contributed by atoms with Gasteiger partial charge in [0, 0.05) is 38.3 Å². The fraction of sp³-hybridized carbons (Fsp3) is 1.00. The van der Waals surface area contributed by atoms with Crippen molar-refractivity contribution in [1.29, 1.82) is 0 Å². The summed E-state index contributed by atoms with van der Waals surface area (Å²) in [5.74, 6) is 1.23. The Bertz CT molecular complexity index is 512. The molecule has 2 atom stereocenters. The van der Waals surface area contributed by atoms with Gasteiger partial charge in [0.25, 0.3) is 0 Å². The van der Waals surface area contributed by atoms with Gasteiger partial charge in [0.15, 0.2) is 19.7 Å². The van der Waals surface area contributed by atoms with Crippen LogP contribution in [0.15, 0.2) is 0 Å². The Morgan fingerprint density at radius 2 is 1.00 bits per heavy atom. The quantitative estimate of drug-likeness (QED) is 0.648. The van der Waals surface area contributed by atoms with E-state index in [0.29, 0.717) is 23.0 Å². The van der Waals surface area contributed by atoms with Crippen LogP contribution in [0, 0.1) is 0 Å². The second-order valence-electron chi connectivity index (χ2n) is 6.19. The highest BCUT2D eigenvalue weighted by Gasteiger charge is 2.37. The Balaban J connectivity index is 1.53. The van der Waals surface area contributed by atoms with E-state index in [1.165, 1.54) is 0 Å². The molecule has 2 unspecified atom stereocenters. The van der Waals surface area contributed by atoms with Gasteiger partial charge in [0.2, 0.25) is 0 Å². The molecule has 3 aliphatic heterocycles. The highest BCUT2D eigenvalue weighted by atomic mass is 32.2. The topological polar surface area (TPSA) is 74.8 Å². The summed E-state index contributed by atoms with van der Waals surface area (Å²) in [5.41, 5.74) is 0. The molecule has 20 heavy (non-hydrogen) atoms. The van der Waals surface area contributed by atoms with Crippen LogP contribution in [-0.2, 0) is 19.7 Å². The number of piperazine rings is 1. The second-order valence-corrected chi connectivity index (χ2v) is 10.6. The normalized spacial score (nSPS) is 38.2. The lowest BCUT2D eigenvalue weighted by molar-refractivity contribution is 0.0823. The predicted octanol–water partition coefficient (Wildman–Crippen LogP) is -1.02. The van der Waals surface area contributed by atoms with E-state index in [-0.39, 0.29) is 12.1 Å². The van der Waals surface area contributed by atoms with Gasteiger partial charge < -0.3 is 0 Å². The standard InChI is InChI=1S/C12H22N2O4S2/c15-19(16)7-1-11(9-19)13-3-5-14(6-4-13)12-2-8-20(17,18)10-12/h11-12H,1-10H2. The molecule has 3 saturated heterocycles. The molecule has 0 aromatic heterocycles. The molecule has 0 aromatic carbocycles. The van der Waals surface area contributed by atoms with Crippen molar-refractivity contribution in [2.45, 2.75) is 24.9 Å². The van der Waals surface area contributed by atoms with E-state index in [1.807, 2.05) is 0 Å². The summed E-state index contributed by atoms with van der Waals surface area (Å²) in [6.07, 6.45) is 1.50. The maximum atomic E-state index is 11.5. The molecule has 8 heteroatoms. The van der Waals surface area contributed by atoms with Crippen molar-refractivity contribution in [1.82, 2.24) is 9.80 Å². The average Bonchev–Trinajstić information content (AvgIpc) is 2.92. The fourth-order valence-electron chi connectivity index (χ4n) is 3.59. The molecule has 6 nitrogen and oxygen atoms in total. The minimum atomic E-state index is -2.82. The van der Waals surface area contributed by atoms with Crippen molar-refractivity contribution in [3.63, 3.8) is 0 Å². The SMILES string of the molecule is O=S1(=O)CCC(N2CCN(C3CCS(=O)(=O)C3)CC2)C1. The molecule has 116 valence electrons. The summed E-state index contributed by atoms with van der Waals surface area (Å²) in [4.78, 5) is 4.54. The van der Waals surface area contributed by atoms with Gasteiger partial charge in [-0.05, 0) is 12.8 Å². The van der Waals surface area contributed by atoms with Crippen LogP contribution in [0.5, 0.6) is 0 Å². The van der Waals surface area contributed by atoms with E-state index >= 15 is 0 Å². The van der Waals surface area contributed by atoms with Crippen molar-refractivity contribution >= 4 is 19.7 Å². The van der Waals surface area contributed by atoms with Gasteiger partial charge in [-0.3, -0.25) is 9.80 Å². The van der Waals surface area contributed by atoms with E-state index in [0.717, 1.165) is 39.0 Å². The first kappa shape index (κ1) is 14.7. The third-order valence-electron chi connectivity index (χ3n) is 4.80. The van der Waals surface area contributed by atoms with Crippen molar-refractivity contribution < 1.29 is 16.8 Å². The number of rotatable bonds is 2. The van der Waals surface area contributed by atoms with Crippen LogP contribution in [0.2, 0.25) is 0 Å². The molecule has 0 aromatic rings. The lowest BCUT2D eigenvalue weighted by Crippen LogP contribution is -2.53. The number of nitrogens with zero attached hydrogens (tertiary/aromatic N) is 2. The smallest absolute Gasteiger partial charge is 0.151 e. The Morgan fingerprint density at radius 1 is 0.650 bits per heavy atom. The average molecular weight is 322 g/mol. The van der Waals surface area contributed by atoms with Gasteiger partial charge in [-0.25, -0.2) is 16.8 Å². The summed E-state index contributed by atoms with van der Waals surface area (Å²) in [6.45, 7) is 3.43. The summed E-state index contributed by atoms with van der Waals surface area (Å²) in [5, 5.41) is 0. The Kier molecular flexibility index (Phi) is 3.85. The monoisotopic (exact) mass is 322 g/mol. The first-order valence-electron chi connectivity index (χ1n) is 7.24. The van der Waals surface area contributed by atoms with Crippen LogP contribution in [0.3, 0.4) is 0 Å². The third-order valence-corrected chi connectivity index (χ3v) is 8.30. The minimum Gasteiger partial charge on any atom is -0.297 e. The molecule has 3 rings (SSSR count). The van der Waals surface area contributed by atoms with Gasteiger partial charge in [-0.15, -0.1) is 0 Å². The highest BCUT2D eigenvalue weighted by molar-refractivity contribution is 7.91. The largest absolute Gasteiger partial charge is 0.297 e. The molecule has 0 saturated carbocycles. The van der Waals surface area contributed by atoms with Crippen molar-refractivity contribution in [3.05, 3.63) is 0 Å². The molecule has 3 aliphatic rings. The van der Waals surface area contributed by atoms with Crippen molar-refractivity contribution in [2.24, 2.45) is 0 Å². The molecule has 0 bridgehead atoms. The van der Waals surface area contributed by atoms with Crippen LogP contribution in [0.1, 0.15) is 12.8 Å². The highest BCUT2D eigenvalue weighted by Crippen LogP contribution is 2.22. The fourth-order valence-corrected chi connectivity index (χ4v) is 7.12. The van der Waals surface area contributed by atoms with Crippen LogP contribution < -0.4 is 0 Å². The molecule has 0 N–H and O–H groups in total. The maximum absolute atomic E-state index is 11.5. The predicted molar refractivity (Wildman–Crippen MR) is 77.3 cm³/mol. The van der Waals surface area contributed by atoms with E-state index in [4.69, 9.17) is 0 Å². The first-order chi connectivity index (χ1) is 9.35. The lowest BCUT2D eigenvalue weighted by atomic mass is 10.1.